The minimum atomic E-state index is -0.120. The van der Waals surface area contributed by atoms with Crippen LogP contribution in [0.3, 0.4) is 0 Å². The zero-order valence-corrected chi connectivity index (χ0v) is 14.6. The van der Waals surface area contributed by atoms with Crippen LogP contribution < -0.4 is 19.5 Å². The van der Waals surface area contributed by atoms with Crippen LogP contribution in [-0.2, 0) is 11.2 Å². The van der Waals surface area contributed by atoms with Crippen molar-refractivity contribution in [1.82, 2.24) is 0 Å². The molecule has 24 heavy (non-hydrogen) atoms. The van der Waals surface area contributed by atoms with Gasteiger partial charge in [0.25, 0.3) is 0 Å². The predicted octanol–water partition coefficient (Wildman–Crippen LogP) is 3.94. The molecule has 1 N–H and O–H groups in total. The minimum Gasteiger partial charge on any atom is -0.497 e. The first-order chi connectivity index (χ1) is 11.6. The Bertz CT molecular complexity index is 701. The third-order valence-corrected chi connectivity index (χ3v) is 3.84. The van der Waals surface area contributed by atoms with Crippen molar-refractivity contribution in [1.29, 1.82) is 0 Å². The molecule has 6 heteroatoms. The fourth-order valence-electron chi connectivity index (χ4n) is 2.22. The molecule has 0 bridgehead atoms. The predicted molar refractivity (Wildman–Crippen MR) is 94.5 cm³/mol. The second-order valence-corrected chi connectivity index (χ2v) is 5.49. The van der Waals surface area contributed by atoms with Crippen molar-refractivity contribution < 1.29 is 19.0 Å². The molecule has 0 aromatic heterocycles. The summed E-state index contributed by atoms with van der Waals surface area (Å²) in [5.74, 6) is 1.66. The Kier molecular flexibility index (Phi) is 6.32. The number of carbonyl (C=O) groups excluding carboxylic acids is 1. The Labute approximate surface area is 146 Å². The first-order valence-corrected chi connectivity index (χ1v) is 7.79. The molecule has 2 aromatic rings. The fourth-order valence-corrected chi connectivity index (χ4v) is 2.46. The van der Waals surface area contributed by atoms with Gasteiger partial charge in [-0.2, -0.15) is 0 Å². The van der Waals surface area contributed by atoms with Gasteiger partial charge in [-0.15, -0.1) is 0 Å². The van der Waals surface area contributed by atoms with Crippen LogP contribution in [-0.4, -0.2) is 27.2 Å². The molecular weight excluding hydrogens is 330 g/mol. The second kappa shape index (κ2) is 8.45. The van der Waals surface area contributed by atoms with E-state index in [2.05, 4.69) is 5.32 Å². The third kappa shape index (κ3) is 4.55. The molecule has 0 radical (unpaired) electrons. The molecule has 1 amide bonds. The highest BCUT2D eigenvalue weighted by molar-refractivity contribution is 6.32. The van der Waals surface area contributed by atoms with Crippen molar-refractivity contribution in [2.24, 2.45) is 0 Å². The van der Waals surface area contributed by atoms with Crippen LogP contribution >= 0.6 is 11.6 Å². The smallest absolute Gasteiger partial charge is 0.224 e. The van der Waals surface area contributed by atoms with Crippen LogP contribution in [0.15, 0.2) is 36.4 Å². The number of benzene rings is 2. The summed E-state index contributed by atoms with van der Waals surface area (Å²) >= 11 is 6.10. The minimum absolute atomic E-state index is 0.120. The lowest BCUT2D eigenvalue weighted by Crippen LogP contribution is -2.13. The summed E-state index contributed by atoms with van der Waals surface area (Å²) in [6.07, 6.45) is 0.973. The molecule has 5 nitrogen and oxygen atoms in total. The molecular formula is C18H20ClNO4. The first kappa shape index (κ1) is 17.9. The van der Waals surface area contributed by atoms with Gasteiger partial charge in [0.2, 0.25) is 5.91 Å². The van der Waals surface area contributed by atoms with E-state index in [0.717, 1.165) is 11.3 Å². The summed E-state index contributed by atoms with van der Waals surface area (Å²) in [6.45, 7) is 0. The number of amides is 1. The molecule has 0 heterocycles. The zero-order valence-electron chi connectivity index (χ0n) is 13.9. The summed E-state index contributed by atoms with van der Waals surface area (Å²) in [6, 6.07) is 10.9. The molecule has 0 aliphatic carbocycles. The Morgan fingerprint density at radius 3 is 2.25 bits per heavy atom. The van der Waals surface area contributed by atoms with E-state index in [4.69, 9.17) is 25.8 Å². The summed E-state index contributed by atoms with van der Waals surface area (Å²) < 4.78 is 15.5. The van der Waals surface area contributed by atoms with Crippen LogP contribution in [0.5, 0.6) is 17.2 Å². The number of rotatable bonds is 7. The topological polar surface area (TPSA) is 56.8 Å². The zero-order chi connectivity index (χ0) is 17.5. The monoisotopic (exact) mass is 349 g/mol. The van der Waals surface area contributed by atoms with E-state index < -0.39 is 0 Å². The van der Waals surface area contributed by atoms with E-state index >= 15 is 0 Å². The second-order valence-electron chi connectivity index (χ2n) is 5.08. The maximum Gasteiger partial charge on any atom is 0.224 e. The number of hydrogen-bond acceptors (Lipinski definition) is 4. The van der Waals surface area contributed by atoms with Crippen molar-refractivity contribution in [3.8, 4) is 17.2 Å². The molecule has 0 saturated heterocycles. The molecule has 0 aliphatic rings. The highest BCUT2D eigenvalue weighted by Gasteiger charge is 2.12. The number of halogens is 1. The lowest BCUT2D eigenvalue weighted by Gasteiger charge is -2.13. The first-order valence-electron chi connectivity index (χ1n) is 7.41. The highest BCUT2D eigenvalue weighted by Crippen LogP contribution is 2.35. The number of methoxy groups -OCH3 is 3. The molecule has 2 rings (SSSR count). The van der Waals surface area contributed by atoms with Crippen molar-refractivity contribution >= 4 is 23.2 Å². The van der Waals surface area contributed by atoms with Gasteiger partial charge in [-0.05, 0) is 30.2 Å². The summed E-state index contributed by atoms with van der Waals surface area (Å²) in [5.41, 5.74) is 1.58. The fraction of sp³-hybridized carbons (Fsp3) is 0.278. The van der Waals surface area contributed by atoms with E-state index in [1.54, 1.807) is 19.2 Å². The number of nitrogens with one attached hydrogen (secondary N) is 1. The van der Waals surface area contributed by atoms with Crippen LogP contribution in [0, 0.1) is 0 Å². The maximum absolute atomic E-state index is 12.2. The molecule has 128 valence electrons. The number of carbonyl (C=O) groups is 1. The Morgan fingerprint density at radius 2 is 1.67 bits per heavy atom. The SMILES string of the molecule is COc1ccc(CCC(=O)Nc2cc(Cl)c(OC)cc2OC)cc1. The summed E-state index contributed by atoms with van der Waals surface area (Å²) in [7, 11) is 4.67. The lowest BCUT2D eigenvalue weighted by atomic mass is 10.1. The largest absolute Gasteiger partial charge is 0.497 e. The van der Waals surface area contributed by atoms with Crippen LogP contribution in [0.25, 0.3) is 0 Å². The Balaban J connectivity index is 2.00. The van der Waals surface area contributed by atoms with E-state index in [1.807, 2.05) is 24.3 Å². The van der Waals surface area contributed by atoms with Gasteiger partial charge in [-0.25, -0.2) is 0 Å². The van der Waals surface area contributed by atoms with Gasteiger partial charge in [0.1, 0.15) is 17.2 Å². The highest BCUT2D eigenvalue weighted by atomic mass is 35.5. The molecule has 0 spiro atoms. The quantitative estimate of drug-likeness (QED) is 0.822. The van der Waals surface area contributed by atoms with Gasteiger partial charge in [-0.1, -0.05) is 23.7 Å². The third-order valence-electron chi connectivity index (χ3n) is 3.55. The number of hydrogen-bond donors (Lipinski definition) is 1. The van der Waals surface area contributed by atoms with Gasteiger partial charge in [-0.3, -0.25) is 4.79 Å². The number of anilines is 1. The molecule has 2 aromatic carbocycles. The van der Waals surface area contributed by atoms with E-state index in [1.165, 1.54) is 14.2 Å². The molecule has 0 unspecified atom stereocenters. The van der Waals surface area contributed by atoms with Crippen LogP contribution in [0.2, 0.25) is 5.02 Å². The van der Waals surface area contributed by atoms with Gasteiger partial charge >= 0.3 is 0 Å². The van der Waals surface area contributed by atoms with E-state index in [9.17, 15) is 4.79 Å². The summed E-state index contributed by atoms with van der Waals surface area (Å²) in [5, 5.41) is 3.22. The standard InChI is InChI=1S/C18H20ClNO4/c1-22-13-7-4-12(5-8-13)6-9-18(21)20-15-10-14(19)16(23-2)11-17(15)24-3/h4-5,7-8,10-11H,6,9H2,1-3H3,(H,20,21). The molecule has 0 saturated carbocycles. The average molecular weight is 350 g/mol. The molecule has 0 aliphatic heterocycles. The van der Waals surface area contributed by atoms with Crippen molar-refractivity contribution in [2.75, 3.05) is 26.6 Å². The van der Waals surface area contributed by atoms with Crippen molar-refractivity contribution in [2.45, 2.75) is 12.8 Å². The van der Waals surface area contributed by atoms with E-state index in [-0.39, 0.29) is 5.91 Å². The average Bonchev–Trinajstić information content (AvgIpc) is 2.60. The van der Waals surface area contributed by atoms with Crippen molar-refractivity contribution in [3.05, 3.63) is 47.0 Å². The lowest BCUT2D eigenvalue weighted by molar-refractivity contribution is -0.116. The van der Waals surface area contributed by atoms with E-state index in [0.29, 0.717) is 35.1 Å². The van der Waals surface area contributed by atoms with Gasteiger partial charge in [0.15, 0.2) is 0 Å². The Hall–Kier alpha value is -2.40. The molecule has 0 atom stereocenters. The van der Waals surface area contributed by atoms with Gasteiger partial charge < -0.3 is 19.5 Å². The maximum atomic E-state index is 12.2. The number of aryl methyl sites for hydroxylation is 1. The van der Waals surface area contributed by atoms with Crippen LogP contribution in [0.1, 0.15) is 12.0 Å². The Morgan fingerprint density at radius 1 is 1.00 bits per heavy atom. The van der Waals surface area contributed by atoms with Crippen molar-refractivity contribution in [3.63, 3.8) is 0 Å². The van der Waals surface area contributed by atoms with Gasteiger partial charge in [0, 0.05) is 12.5 Å². The van der Waals surface area contributed by atoms with Gasteiger partial charge in [0.05, 0.1) is 32.0 Å². The summed E-state index contributed by atoms with van der Waals surface area (Å²) in [4.78, 5) is 12.2. The van der Waals surface area contributed by atoms with Crippen LogP contribution in [0.4, 0.5) is 5.69 Å². The number of ether oxygens (including phenoxy) is 3. The normalized spacial score (nSPS) is 10.2. The molecule has 0 fully saturated rings.